The molecule has 0 saturated carbocycles. The van der Waals surface area contributed by atoms with Gasteiger partial charge in [-0.25, -0.2) is 0 Å². The van der Waals surface area contributed by atoms with Gasteiger partial charge in [-0.1, -0.05) is 31.2 Å². The molecule has 2 rings (SSSR count). The van der Waals surface area contributed by atoms with Gasteiger partial charge in [0.25, 0.3) is 0 Å². The van der Waals surface area contributed by atoms with E-state index in [1.54, 1.807) is 0 Å². The lowest BCUT2D eigenvalue weighted by Crippen LogP contribution is -2.28. The zero-order chi connectivity index (χ0) is 11.4. The molecule has 1 aliphatic rings. The van der Waals surface area contributed by atoms with E-state index in [0.717, 1.165) is 6.42 Å². The van der Waals surface area contributed by atoms with E-state index in [-0.39, 0.29) is 6.04 Å². The lowest BCUT2D eigenvalue weighted by Gasteiger charge is -2.27. The largest absolute Gasteiger partial charge is 0.323 e. The van der Waals surface area contributed by atoms with Gasteiger partial charge < -0.3 is 5.73 Å². The lowest BCUT2D eigenvalue weighted by molar-refractivity contribution is 0.718. The molecule has 0 amide bonds. The molecule has 0 spiro atoms. The second kappa shape index (κ2) is 5.99. The molecule has 3 heteroatoms. The van der Waals surface area contributed by atoms with Crippen molar-refractivity contribution in [2.75, 3.05) is 17.3 Å². The Kier molecular flexibility index (Phi) is 4.62. The van der Waals surface area contributed by atoms with Crippen LogP contribution >= 0.6 is 23.5 Å². The van der Waals surface area contributed by atoms with Crippen LogP contribution in [0.15, 0.2) is 24.3 Å². The molecule has 0 aliphatic carbocycles. The third-order valence-electron chi connectivity index (χ3n) is 2.99. The quantitative estimate of drug-likeness (QED) is 0.896. The Bertz CT molecular complexity index is 334. The average molecular weight is 253 g/mol. The van der Waals surface area contributed by atoms with Gasteiger partial charge in [-0.05, 0) is 17.5 Å². The predicted octanol–water partition coefficient (Wildman–Crippen LogP) is 3.10. The molecular formula is C13H19NS2. The Morgan fingerprint density at radius 2 is 2.31 bits per heavy atom. The molecule has 1 heterocycles. The Balaban J connectivity index is 2.09. The van der Waals surface area contributed by atoms with Gasteiger partial charge in [0.2, 0.25) is 0 Å². The van der Waals surface area contributed by atoms with E-state index in [1.807, 2.05) is 23.5 Å². The molecule has 1 fully saturated rings. The van der Waals surface area contributed by atoms with E-state index >= 15 is 0 Å². The van der Waals surface area contributed by atoms with Crippen molar-refractivity contribution in [2.24, 2.45) is 5.73 Å². The molecule has 0 aromatic heterocycles. The van der Waals surface area contributed by atoms with E-state index in [0.29, 0.717) is 5.25 Å². The van der Waals surface area contributed by atoms with Crippen LogP contribution in [0.2, 0.25) is 0 Å². The molecular weight excluding hydrogens is 234 g/mol. The maximum absolute atomic E-state index is 6.36. The summed E-state index contributed by atoms with van der Waals surface area (Å²) in [5, 5.41) is 0.589. The summed E-state index contributed by atoms with van der Waals surface area (Å²) in [4.78, 5) is 0. The molecule has 1 aromatic rings. The van der Waals surface area contributed by atoms with Crippen LogP contribution in [0.4, 0.5) is 0 Å². The highest BCUT2D eigenvalue weighted by Crippen LogP contribution is 2.32. The van der Waals surface area contributed by atoms with E-state index in [2.05, 4.69) is 31.2 Å². The number of benzene rings is 1. The number of hydrogen-bond acceptors (Lipinski definition) is 3. The first-order valence-electron chi connectivity index (χ1n) is 5.85. The zero-order valence-electron chi connectivity index (χ0n) is 9.69. The first-order valence-corrected chi connectivity index (χ1v) is 8.05. The lowest BCUT2D eigenvalue weighted by atomic mass is 10.0. The van der Waals surface area contributed by atoms with Gasteiger partial charge in [-0.2, -0.15) is 23.5 Å². The molecule has 1 saturated heterocycles. The monoisotopic (exact) mass is 253 g/mol. The Morgan fingerprint density at radius 3 is 3.00 bits per heavy atom. The summed E-state index contributed by atoms with van der Waals surface area (Å²) in [5.74, 6) is 3.72. The summed E-state index contributed by atoms with van der Waals surface area (Å²) in [5.41, 5.74) is 9.05. The molecule has 88 valence electrons. The standard InChI is InChI=1S/C13H19NS2/c1-2-10-4-3-5-11(8-10)13(14)12-9-15-6-7-16-12/h3-5,8,12-13H,2,6-7,9,14H2,1H3. The van der Waals surface area contributed by atoms with Crippen LogP contribution in [-0.2, 0) is 6.42 Å². The normalized spacial score (nSPS) is 23.0. The highest BCUT2D eigenvalue weighted by atomic mass is 32.2. The number of thioether (sulfide) groups is 2. The fourth-order valence-corrected chi connectivity index (χ4v) is 4.75. The third-order valence-corrected chi connectivity index (χ3v) is 5.87. The van der Waals surface area contributed by atoms with Crippen molar-refractivity contribution in [1.82, 2.24) is 0 Å². The molecule has 2 unspecified atom stereocenters. The smallest absolute Gasteiger partial charge is 0.0423 e. The number of aryl methyl sites for hydroxylation is 1. The Morgan fingerprint density at radius 1 is 1.44 bits per heavy atom. The number of hydrogen-bond donors (Lipinski definition) is 1. The van der Waals surface area contributed by atoms with E-state index < -0.39 is 0 Å². The van der Waals surface area contributed by atoms with E-state index in [9.17, 15) is 0 Å². The van der Waals surface area contributed by atoms with Crippen molar-refractivity contribution in [3.63, 3.8) is 0 Å². The minimum Gasteiger partial charge on any atom is -0.323 e. The van der Waals surface area contributed by atoms with Crippen molar-refractivity contribution in [1.29, 1.82) is 0 Å². The Hall–Kier alpha value is -0.120. The van der Waals surface area contributed by atoms with Gasteiger partial charge in [0, 0.05) is 28.6 Å². The van der Waals surface area contributed by atoms with Gasteiger partial charge in [0.15, 0.2) is 0 Å². The second-order valence-corrected chi connectivity index (χ2v) is 6.61. The molecule has 2 atom stereocenters. The van der Waals surface area contributed by atoms with Crippen molar-refractivity contribution >= 4 is 23.5 Å². The summed E-state index contributed by atoms with van der Waals surface area (Å²) in [7, 11) is 0. The fourth-order valence-electron chi connectivity index (χ4n) is 1.95. The topological polar surface area (TPSA) is 26.0 Å². The SMILES string of the molecule is CCc1cccc(C(N)C2CSCCS2)c1. The maximum Gasteiger partial charge on any atom is 0.0423 e. The zero-order valence-corrected chi connectivity index (χ0v) is 11.3. The first-order chi connectivity index (χ1) is 7.81. The number of rotatable bonds is 3. The summed E-state index contributed by atoms with van der Waals surface area (Å²) >= 11 is 4.07. The molecule has 0 radical (unpaired) electrons. The third kappa shape index (κ3) is 2.96. The van der Waals surface area contributed by atoms with Crippen molar-refractivity contribution in [3.05, 3.63) is 35.4 Å². The highest BCUT2D eigenvalue weighted by Gasteiger charge is 2.22. The van der Waals surface area contributed by atoms with E-state index in [1.165, 1.54) is 28.4 Å². The molecule has 16 heavy (non-hydrogen) atoms. The highest BCUT2D eigenvalue weighted by molar-refractivity contribution is 8.06. The van der Waals surface area contributed by atoms with Crippen LogP contribution in [0.5, 0.6) is 0 Å². The van der Waals surface area contributed by atoms with Crippen LogP contribution < -0.4 is 5.73 Å². The van der Waals surface area contributed by atoms with Crippen LogP contribution in [0.25, 0.3) is 0 Å². The summed E-state index contributed by atoms with van der Waals surface area (Å²) < 4.78 is 0. The van der Waals surface area contributed by atoms with Crippen molar-refractivity contribution < 1.29 is 0 Å². The van der Waals surface area contributed by atoms with Crippen molar-refractivity contribution in [2.45, 2.75) is 24.6 Å². The summed E-state index contributed by atoms with van der Waals surface area (Å²) in [6.45, 7) is 2.19. The van der Waals surface area contributed by atoms with Gasteiger partial charge in [0.05, 0.1) is 0 Å². The first kappa shape index (κ1) is 12.3. The fraction of sp³-hybridized carbons (Fsp3) is 0.538. The average Bonchev–Trinajstić information content (AvgIpc) is 2.39. The van der Waals surface area contributed by atoms with Gasteiger partial charge in [-0.15, -0.1) is 0 Å². The maximum atomic E-state index is 6.36. The molecule has 1 aromatic carbocycles. The van der Waals surface area contributed by atoms with Crippen molar-refractivity contribution in [3.8, 4) is 0 Å². The van der Waals surface area contributed by atoms with Gasteiger partial charge in [0.1, 0.15) is 0 Å². The minimum atomic E-state index is 0.198. The summed E-state index contributed by atoms with van der Waals surface area (Å²) in [6, 6.07) is 8.95. The van der Waals surface area contributed by atoms with Crippen LogP contribution in [-0.4, -0.2) is 22.5 Å². The van der Waals surface area contributed by atoms with Gasteiger partial charge in [-0.3, -0.25) is 0 Å². The Labute approximate surface area is 107 Å². The minimum absolute atomic E-state index is 0.198. The second-order valence-electron chi connectivity index (χ2n) is 4.11. The van der Waals surface area contributed by atoms with Crippen LogP contribution in [0.1, 0.15) is 24.1 Å². The van der Waals surface area contributed by atoms with Crippen LogP contribution in [0, 0.1) is 0 Å². The molecule has 1 aliphatic heterocycles. The van der Waals surface area contributed by atoms with E-state index in [4.69, 9.17) is 5.73 Å². The van der Waals surface area contributed by atoms with Crippen LogP contribution in [0.3, 0.4) is 0 Å². The molecule has 0 bridgehead atoms. The molecule has 2 N–H and O–H groups in total. The predicted molar refractivity (Wildman–Crippen MR) is 76.3 cm³/mol. The van der Waals surface area contributed by atoms with Gasteiger partial charge >= 0.3 is 0 Å². The molecule has 1 nitrogen and oxygen atoms in total. The summed E-state index contributed by atoms with van der Waals surface area (Å²) in [6.07, 6.45) is 1.09. The number of nitrogens with two attached hydrogens (primary N) is 1.